The smallest absolute Gasteiger partial charge is 0.253 e. The van der Waals surface area contributed by atoms with Gasteiger partial charge >= 0.3 is 0 Å². The van der Waals surface area contributed by atoms with E-state index in [9.17, 15) is 4.79 Å². The molecule has 1 amide bonds. The van der Waals surface area contributed by atoms with Crippen molar-refractivity contribution in [2.24, 2.45) is 0 Å². The van der Waals surface area contributed by atoms with Crippen LogP contribution in [0.15, 0.2) is 23.6 Å². The third-order valence-electron chi connectivity index (χ3n) is 3.65. The van der Waals surface area contributed by atoms with Crippen LogP contribution in [-0.2, 0) is 6.42 Å². The highest BCUT2D eigenvalue weighted by Crippen LogP contribution is 2.34. The second kappa shape index (κ2) is 5.87. The van der Waals surface area contributed by atoms with E-state index in [1.807, 2.05) is 0 Å². The van der Waals surface area contributed by atoms with Crippen molar-refractivity contribution in [1.29, 1.82) is 0 Å². The van der Waals surface area contributed by atoms with Crippen LogP contribution in [0, 0.1) is 0 Å². The van der Waals surface area contributed by atoms with E-state index in [4.69, 9.17) is 28.9 Å². The predicted octanol–water partition coefficient (Wildman–Crippen LogP) is 4.44. The molecule has 0 saturated heterocycles. The average molecular weight is 341 g/mol. The van der Waals surface area contributed by atoms with Gasteiger partial charge in [0, 0.05) is 10.6 Å². The van der Waals surface area contributed by atoms with Crippen molar-refractivity contribution in [1.82, 2.24) is 5.32 Å². The highest BCUT2D eigenvalue weighted by atomic mass is 35.5. The number of rotatable bonds is 2. The van der Waals surface area contributed by atoms with Crippen LogP contribution in [0.4, 0.5) is 5.69 Å². The Hall–Kier alpha value is -1.23. The number of nitrogen functional groups attached to an aromatic ring is 1. The molecule has 1 aliphatic carbocycles. The van der Waals surface area contributed by atoms with Gasteiger partial charge in [0.1, 0.15) is 0 Å². The summed E-state index contributed by atoms with van der Waals surface area (Å²) in [4.78, 5) is 13.8. The predicted molar refractivity (Wildman–Crippen MR) is 88.3 cm³/mol. The first kappa shape index (κ1) is 14.7. The quantitative estimate of drug-likeness (QED) is 0.793. The van der Waals surface area contributed by atoms with E-state index in [1.54, 1.807) is 17.4 Å². The van der Waals surface area contributed by atoms with Gasteiger partial charge in [0.15, 0.2) is 0 Å². The maximum absolute atomic E-state index is 12.5. The van der Waals surface area contributed by atoms with Gasteiger partial charge in [-0.2, -0.15) is 0 Å². The summed E-state index contributed by atoms with van der Waals surface area (Å²) in [6.45, 7) is 0. The van der Waals surface area contributed by atoms with Crippen LogP contribution in [0.2, 0.25) is 10.0 Å². The van der Waals surface area contributed by atoms with Crippen LogP contribution >= 0.6 is 34.5 Å². The molecule has 1 atom stereocenters. The van der Waals surface area contributed by atoms with Gasteiger partial charge in [-0.1, -0.05) is 23.2 Å². The molecule has 2 aromatic rings. The maximum Gasteiger partial charge on any atom is 0.253 e. The van der Waals surface area contributed by atoms with Crippen LogP contribution in [0.1, 0.15) is 39.7 Å². The number of benzene rings is 1. The zero-order chi connectivity index (χ0) is 15.0. The molecule has 0 aliphatic heterocycles. The number of nitrogens with two attached hydrogens (primary N) is 1. The van der Waals surface area contributed by atoms with E-state index in [2.05, 4.69) is 16.8 Å². The van der Waals surface area contributed by atoms with E-state index in [0.717, 1.165) is 19.3 Å². The van der Waals surface area contributed by atoms with Gasteiger partial charge in [-0.3, -0.25) is 4.79 Å². The molecule has 3 rings (SSSR count). The van der Waals surface area contributed by atoms with Crippen molar-refractivity contribution in [3.8, 4) is 0 Å². The molecule has 110 valence electrons. The summed E-state index contributed by atoms with van der Waals surface area (Å²) in [6.07, 6.45) is 3.09. The average Bonchev–Trinajstić information content (AvgIpc) is 2.92. The first-order chi connectivity index (χ1) is 10.1. The first-order valence-electron chi connectivity index (χ1n) is 6.68. The van der Waals surface area contributed by atoms with E-state index in [0.29, 0.717) is 16.3 Å². The topological polar surface area (TPSA) is 55.1 Å². The zero-order valence-corrected chi connectivity index (χ0v) is 13.5. The van der Waals surface area contributed by atoms with Crippen molar-refractivity contribution < 1.29 is 4.79 Å². The fourth-order valence-electron chi connectivity index (χ4n) is 2.65. The van der Waals surface area contributed by atoms with Crippen molar-refractivity contribution >= 4 is 46.1 Å². The molecule has 3 N–H and O–H groups in total. The first-order valence-corrected chi connectivity index (χ1v) is 8.31. The Balaban J connectivity index is 1.86. The van der Waals surface area contributed by atoms with Crippen LogP contribution in [0.3, 0.4) is 0 Å². The molecule has 0 fully saturated rings. The number of amides is 1. The normalized spacial score (nSPS) is 17.3. The lowest BCUT2D eigenvalue weighted by molar-refractivity contribution is 0.0933. The monoisotopic (exact) mass is 340 g/mol. The Kier molecular flexibility index (Phi) is 4.11. The molecular weight excluding hydrogens is 327 g/mol. The number of thiophene rings is 1. The lowest BCUT2D eigenvalue weighted by Gasteiger charge is -2.24. The van der Waals surface area contributed by atoms with Gasteiger partial charge in [-0.15, -0.1) is 11.3 Å². The third-order valence-corrected chi connectivity index (χ3v) is 5.45. The minimum absolute atomic E-state index is 0.0313. The number of fused-ring (bicyclic) bond motifs is 1. The summed E-state index contributed by atoms with van der Waals surface area (Å²) in [5.74, 6) is -0.238. The molecule has 1 heterocycles. The molecule has 1 aliphatic rings. The van der Waals surface area contributed by atoms with Gasteiger partial charge in [-0.05, 0) is 48.4 Å². The maximum atomic E-state index is 12.5. The highest BCUT2D eigenvalue weighted by molar-refractivity contribution is 7.10. The Morgan fingerprint density at radius 1 is 1.38 bits per heavy atom. The Morgan fingerprint density at radius 3 is 3.00 bits per heavy atom. The molecule has 6 heteroatoms. The molecular formula is C15H14Cl2N2OS. The fraction of sp³-hybridized carbons (Fsp3) is 0.267. The van der Waals surface area contributed by atoms with Crippen molar-refractivity contribution in [2.75, 3.05) is 5.73 Å². The van der Waals surface area contributed by atoms with Gasteiger partial charge in [0.05, 0.1) is 21.7 Å². The van der Waals surface area contributed by atoms with Gasteiger partial charge in [0.25, 0.3) is 5.91 Å². The van der Waals surface area contributed by atoms with Gasteiger partial charge in [0.2, 0.25) is 0 Å². The second-order valence-corrected chi connectivity index (χ2v) is 6.87. The van der Waals surface area contributed by atoms with E-state index >= 15 is 0 Å². The second-order valence-electron chi connectivity index (χ2n) is 5.08. The third kappa shape index (κ3) is 2.89. The SMILES string of the molecule is Nc1cc(Cl)c(Cl)c(C(=O)NC2CCCc3sccc32)c1. The molecule has 0 spiro atoms. The van der Waals surface area contributed by atoms with E-state index < -0.39 is 0 Å². The molecule has 1 aromatic carbocycles. The fourth-order valence-corrected chi connectivity index (χ4v) is 4.06. The summed E-state index contributed by atoms with van der Waals surface area (Å²) in [6, 6.07) is 5.21. The summed E-state index contributed by atoms with van der Waals surface area (Å²) in [5, 5.41) is 5.64. The van der Waals surface area contributed by atoms with Crippen molar-refractivity contribution in [3.63, 3.8) is 0 Å². The number of aryl methyl sites for hydroxylation is 1. The number of hydrogen-bond donors (Lipinski definition) is 2. The number of anilines is 1. The number of carbonyl (C=O) groups is 1. The molecule has 0 radical (unpaired) electrons. The van der Waals surface area contributed by atoms with E-state index in [-0.39, 0.29) is 17.0 Å². The summed E-state index contributed by atoms with van der Waals surface area (Å²) in [7, 11) is 0. The van der Waals surface area contributed by atoms with E-state index in [1.165, 1.54) is 16.5 Å². The lowest BCUT2D eigenvalue weighted by atomic mass is 9.94. The van der Waals surface area contributed by atoms with Crippen molar-refractivity contribution in [2.45, 2.75) is 25.3 Å². The molecule has 0 saturated carbocycles. The van der Waals surface area contributed by atoms with Crippen LogP contribution in [0.25, 0.3) is 0 Å². The minimum Gasteiger partial charge on any atom is -0.399 e. The van der Waals surface area contributed by atoms with Gasteiger partial charge in [-0.25, -0.2) is 0 Å². The Labute approximate surface area is 137 Å². The molecule has 3 nitrogen and oxygen atoms in total. The van der Waals surface area contributed by atoms with Crippen molar-refractivity contribution in [3.05, 3.63) is 49.6 Å². The van der Waals surface area contributed by atoms with Crippen LogP contribution < -0.4 is 11.1 Å². The number of hydrogen-bond acceptors (Lipinski definition) is 3. The lowest BCUT2D eigenvalue weighted by Crippen LogP contribution is -2.30. The summed E-state index contributed by atoms with van der Waals surface area (Å²) in [5.41, 5.74) is 7.70. The highest BCUT2D eigenvalue weighted by Gasteiger charge is 2.24. The standard InChI is InChI=1S/C15H14Cl2N2OS/c16-11-7-8(18)6-10(14(11)17)15(20)19-12-2-1-3-13-9(12)4-5-21-13/h4-7,12H,1-3,18H2,(H,19,20). The van der Waals surface area contributed by atoms with Crippen LogP contribution in [0.5, 0.6) is 0 Å². The number of nitrogens with one attached hydrogen (secondary N) is 1. The van der Waals surface area contributed by atoms with Gasteiger partial charge < -0.3 is 11.1 Å². The number of carbonyl (C=O) groups excluding carboxylic acids is 1. The minimum atomic E-state index is -0.238. The largest absolute Gasteiger partial charge is 0.399 e. The summed E-state index contributed by atoms with van der Waals surface area (Å²) >= 11 is 13.8. The molecule has 21 heavy (non-hydrogen) atoms. The number of halogens is 2. The Bertz CT molecular complexity index is 699. The zero-order valence-electron chi connectivity index (χ0n) is 11.2. The molecule has 1 aromatic heterocycles. The van der Waals surface area contributed by atoms with Crippen LogP contribution in [-0.4, -0.2) is 5.91 Å². The Morgan fingerprint density at radius 2 is 2.19 bits per heavy atom. The summed E-state index contributed by atoms with van der Waals surface area (Å²) < 4.78 is 0. The molecule has 0 bridgehead atoms. The molecule has 1 unspecified atom stereocenters.